The van der Waals surface area contributed by atoms with Crippen LogP contribution < -0.4 is 9.47 Å². The number of amides is 1. The van der Waals surface area contributed by atoms with Crippen molar-refractivity contribution in [3.63, 3.8) is 0 Å². The van der Waals surface area contributed by atoms with Gasteiger partial charge < -0.3 is 19.5 Å². The predicted octanol–water partition coefficient (Wildman–Crippen LogP) is 1.55. The van der Waals surface area contributed by atoms with Gasteiger partial charge in [0, 0.05) is 12.6 Å². The molecule has 0 fully saturated rings. The van der Waals surface area contributed by atoms with Gasteiger partial charge in [-0.1, -0.05) is 6.07 Å². The molecule has 0 aliphatic heterocycles. The molecule has 19 heavy (non-hydrogen) atoms. The summed E-state index contributed by atoms with van der Waals surface area (Å²) in [6.45, 7) is 4.02. The fraction of sp³-hybridized carbons (Fsp3) is 0.500. The van der Waals surface area contributed by atoms with Gasteiger partial charge in [-0.05, 0) is 26.0 Å². The molecule has 0 bridgehead atoms. The van der Waals surface area contributed by atoms with E-state index >= 15 is 0 Å². The molecule has 5 nitrogen and oxygen atoms in total. The summed E-state index contributed by atoms with van der Waals surface area (Å²) in [6.07, 6.45) is 0. The Morgan fingerprint density at radius 2 is 2.00 bits per heavy atom. The first kappa shape index (κ1) is 15.3. The van der Waals surface area contributed by atoms with E-state index in [1.54, 1.807) is 23.1 Å². The Labute approximate surface area is 113 Å². The normalized spacial score (nSPS) is 10.4. The van der Waals surface area contributed by atoms with Crippen LogP contribution in [0.1, 0.15) is 24.2 Å². The number of hydrogen-bond donors (Lipinski definition) is 1. The molecule has 0 aliphatic rings. The molecule has 1 aromatic rings. The van der Waals surface area contributed by atoms with E-state index in [4.69, 9.17) is 14.6 Å². The summed E-state index contributed by atoms with van der Waals surface area (Å²) >= 11 is 0. The number of aliphatic hydroxyl groups excluding tert-OH is 1. The zero-order valence-electron chi connectivity index (χ0n) is 11.8. The van der Waals surface area contributed by atoms with Crippen molar-refractivity contribution in [2.75, 3.05) is 27.4 Å². The fourth-order valence-electron chi connectivity index (χ4n) is 1.91. The van der Waals surface area contributed by atoms with Gasteiger partial charge in [-0.2, -0.15) is 0 Å². The molecule has 1 aromatic carbocycles. The summed E-state index contributed by atoms with van der Waals surface area (Å²) in [5.74, 6) is 0.749. The molecule has 5 heteroatoms. The number of carbonyl (C=O) groups is 1. The number of rotatable bonds is 6. The lowest BCUT2D eigenvalue weighted by Gasteiger charge is -2.26. The summed E-state index contributed by atoms with van der Waals surface area (Å²) in [5, 5.41) is 9.06. The highest BCUT2D eigenvalue weighted by atomic mass is 16.5. The molecule has 106 valence electrons. The maximum Gasteiger partial charge on any atom is 0.258 e. The van der Waals surface area contributed by atoms with Crippen LogP contribution in [0.25, 0.3) is 0 Å². The average Bonchev–Trinajstić information content (AvgIpc) is 2.42. The Bertz CT molecular complexity index is 431. The van der Waals surface area contributed by atoms with Gasteiger partial charge in [-0.3, -0.25) is 4.79 Å². The van der Waals surface area contributed by atoms with Crippen LogP contribution in [0.15, 0.2) is 18.2 Å². The van der Waals surface area contributed by atoms with E-state index in [0.717, 1.165) is 0 Å². The van der Waals surface area contributed by atoms with Crippen LogP contribution in [0.4, 0.5) is 0 Å². The van der Waals surface area contributed by atoms with Gasteiger partial charge in [0.15, 0.2) is 11.5 Å². The second-order valence-electron chi connectivity index (χ2n) is 4.36. The van der Waals surface area contributed by atoms with Crippen molar-refractivity contribution in [3.8, 4) is 11.5 Å². The maximum atomic E-state index is 12.5. The zero-order valence-corrected chi connectivity index (χ0v) is 11.8. The summed E-state index contributed by atoms with van der Waals surface area (Å²) in [4.78, 5) is 14.1. The molecule has 0 saturated heterocycles. The van der Waals surface area contributed by atoms with E-state index in [9.17, 15) is 4.79 Å². The predicted molar refractivity (Wildman–Crippen MR) is 72.8 cm³/mol. The van der Waals surface area contributed by atoms with Gasteiger partial charge in [-0.25, -0.2) is 0 Å². The summed E-state index contributed by atoms with van der Waals surface area (Å²) in [6, 6.07) is 5.17. The first-order valence-electron chi connectivity index (χ1n) is 6.19. The van der Waals surface area contributed by atoms with Crippen molar-refractivity contribution in [1.29, 1.82) is 0 Å². The lowest BCUT2D eigenvalue weighted by atomic mass is 10.1. The third-order valence-corrected chi connectivity index (χ3v) is 2.86. The number of aliphatic hydroxyl groups is 1. The van der Waals surface area contributed by atoms with Crippen LogP contribution in [0.2, 0.25) is 0 Å². The largest absolute Gasteiger partial charge is 0.493 e. The minimum absolute atomic E-state index is 0.00411. The van der Waals surface area contributed by atoms with Gasteiger partial charge in [-0.15, -0.1) is 0 Å². The molecule has 0 saturated carbocycles. The molecule has 0 unspecified atom stereocenters. The minimum Gasteiger partial charge on any atom is -0.493 e. The molecule has 1 amide bonds. The molecule has 0 spiro atoms. The Morgan fingerprint density at radius 3 is 2.47 bits per heavy atom. The molecule has 0 atom stereocenters. The van der Waals surface area contributed by atoms with Crippen LogP contribution >= 0.6 is 0 Å². The van der Waals surface area contributed by atoms with Crippen LogP contribution in [-0.2, 0) is 0 Å². The number of hydrogen-bond acceptors (Lipinski definition) is 4. The van der Waals surface area contributed by atoms with Crippen molar-refractivity contribution in [3.05, 3.63) is 23.8 Å². The van der Waals surface area contributed by atoms with Gasteiger partial charge in [0.1, 0.15) is 0 Å². The zero-order chi connectivity index (χ0) is 14.4. The van der Waals surface area contributed by atoms with Gasteiger partial charge in [0.2, 0.25) is 0 Å². The lowest BCUT2D eigenvalue weighted by molar-refractivity contribution is 0.0661. The molecule has 0 aliphatic carbocycles. The number of nitrogens with zero attached hydrogens (tertiary/aromatic N) is 1. The van der Waals surface area contributed by atoms with Crippen molar-refractivity contribution < 1.29 is 19.4 Å². The molecule has 0 heterocycles. The van der Waals surface area contributed by atoms with E-state index in [1.165, 1.54) is 14.2 Å². The van der Waals surface area contributed by atoms with Gasteiger partial charge >= 0.3 is 0 Å². The standard InChI is InChI=1S/C14H21NO4/c1-10(2)15(8-9-16)14(17)11-6-5-7-12(18-3)13(11)19-4/h5-7,10,16H,8-9H2,1-4H3. The maximum absolute atomic E-state index is 12.5. The molecule has 0 radical (unpaired) electrons. The summed E-state index contributed by atoms with van der Waals surface area (Å²) in [7, 11) is 3.03. The van der Waals surface area contributed by atoms with E-state index in [2.05, 4.69) is 0 Å². The van der Waals surface area contributed by atoms with E-state index < -0.39 is 0 Å². The Hall–Kier alpha value is -1.75. The van der Waals surface area contributed by atoms with Crippen LogP contribution in [0, 0.1) is 0 Å². The monoisotopic (exact) mass is 267 g/mol. The first-order chi connectivity index (χ1) is 9.06. The SMILES string of the molecule is COc1cccc(C(=O)N(CCO)C(C)C)c1OC. The fourth-order valence-corrected chi connectivity index (χ4v) is 1.91. The average molecular weight is 267 g/mol. The van der Waals surface area contributed by atoms with Gasteiger partial charge in [0.05, 0.1) is 26.4 Å². The van der Waals surface area contributed by atoms with E-state index in [1.807, 2.05) is 13.8 Å². The smallest absolute Gasteiger partial charge is 0.258 e. The van der Waals surface area contributed by atoms with Crippen molar-refractivity contribution in [2.24, 2.45) is 0 Å². The van der Waals surface area contributed by atoms with Gasteiger partial charge in [0.25, 0.3) is 5.91 Å². The van der Waals surface area contributed by atoms with Crippen molar-refractivity contribution in [1.82, 2.24) is 4.90 Å². The van der Waals surface area contributed by atoms with Crippen LogP contribution in [0.5, 0.6) is 11.5 Å². The number of ether oxygens (including phenoxy) is 2. The molecule has 1 N–H and O–H groups in total. The summed E-state index contributed by atoms with van der Waals surface area (Å²) in [5.41, 5.74) is 0.434. The Balaban J connectivity index is 3.17. The quantitative estimate of drug-likeness (QED) is 0.849. The Kier molecular flexibility index (Phi) is 5.63. The third kappa shape index (κ3) is 3.38. The van der Waals surface area contributed by atoms with Crippen LogP contribution in [0.3, 0.4) is 0 Å². The second-order valence-corrected chi connectivity index (χ2v) is 4.36. The summed E-state index contributed by atoms with van der Waals surface area (Å²) < 4.78 is 10.4. The second kappa shape index (κ2) is 6.99. The van der Waals surface area contributed by atoms with Crippen molar-refractivity contribution in [2.45, 2.75) is 19.9 Å². The third-order valence-electron chi connectivity index (χ3n) is 2.86. The lowest BCUT2D eigenvalue weighted by Crippen LogP contribution is -2.39. The number of methoxy groups -OCH3 is 2. The molecule has 1 rings (SSSR count). The number of benzene rings is 1. The Morgan fingerprint density at radius 1 is 1.32 bits per heavy atom. The van der Waals surface area contributed by atoms with Crippen molar-refractivity contribution >= 4 is 5.91 Å². The molecular weight excluding hydrogens is 246 g/mol. The highest BCUT2D eigenvalue weighted by Gasteiger charge is 2.23. The molecular formula is C14H21NO4. The van der Waals surface area contributed by atoms with E-state index in [-0.39, 0.29) is 25.1 Å². The first-order valence-corrected chi connectivity index (χ1v) is 6.19. The number of carbonyl (C=O) groups excluding carboxylic acids is 1. The minimum atomic E-state index is -0.181. The highest BCUT2D eigenvalue weighted by molar-refractivity contribution is 5.98. The highest BCUT2D eigenvalue weighted by Crippen LogP contribution is 2.31. The van der Waals surface area contributed by atoms with E-state index in [0.29, 0.717) is 17.1 Å². The topological polar surface area (TPSA) is 59.0 Å². The van der Waals surface area contributed by atoms with Crippen LogP contribution in [-0.4, -0.2) is 49.3 Å². The number of para-hydroxylation sites is 1. The molecule has 0 aromatic heterocycles.